The van der Waals surface area contributed by atoms with Crippen LogP contribution in [0.3, 0.4) is 0 Å². The topological polar surface area (TPSA) is 33.2 Å². The number of thiophene rings is 1. The van der Waals surface area contributed by atoms with Crippen LogP contribution in [-0.2, 0) is 17.8 Å². The molecule has 1 amide bonds. The van der Waals surface area contributed by atoms with Gasteiger partial charge in [-0.15, -0.1) is 11.3 Å². The summed E-state index contributed by atoms with van der Waals surface area (Å²) < 4.78 is 0.981. The van der Waals surface area contributed by atoms with Crippen molar-refractivity contribution in [3.05, 3.63) is 81.5 Å². The largest absolute Gasteiger partial charge is 0.283 e. The van der Waals surface area contributed by atoms with Crippen LogP contribution in [0.2, 0.25) is 5.02 Å². The van der Waals surface area contributed by atoms with Gasteiger partial charge in [0.1, 0.15) is 5.52 Å². The fraction of sp³-hybridized carbons (Fsp3) is 0.100. The molecule has 2 aromatic heterocycles. The van der Waals surface area contributed by atoms with Gasteiger partial charge in [-0.1, -0.05) is 65.4 Å². The molecule has 0 saturated carbocycles. The lowest BCUT2D eigenvalue weighted by Crippen LogP contribution is -2.31. The zero-order chi connectivity index (χ0) is 17.9. The highest BCUT2D eigenvalue weighted by atomic mass is 35.5. The molecular formula is C20H15ClN2OS2. The summed E-state index contributed by atoms with van der Waals surface area (Å²) in [7, 11) is 0. The van der Waals surface area contributed by atoms with E-state index in [0.29, 0.717) is 23.1 Å². The third-order valence-electron chi connectivity index (χ3n) is 3.98. The Kier molecular flexibility index (Phi) is 5.02. The van der Waals surface area contributed by atoms with Crippen LogP contribution >= 0.6 is 34.3 Å². The molecule has 0 aliphatic carbocycles. The normalized spacial score (nSPS) is 11.0. The van der Waals surface area contributed by atoms with Gasteiger partial charge in [-0.25, -0.2) is 4.98 Å². The zero-order valence-corrected chi connectivity index (χ0v) is 16.2. The average Bonchev–Trinajstić information content (AvgIpc) is 3.30. The van der Waals surface area contributed by atoms with Gasteiger partial charge in [0, 0.05) is 4.88 Å². The minimum absolute atomic E-state index is 0.0338. The molecular weight excluding hydrogens is 384 g/mol. The zero-order valence-electron chi connectivity index (χ0n) is 13.8. The SMILES string of the molecule is O=C(Cc1cccs1)N(Cc1ccccc1)c1nc2c(Cl)cccc2s1. The van der Waals surface area contributed by atoms with Gasteiger partial charge in [-0.05, 0) is 29.1 Å². The minimum atomic E-state index is 0.0338. The molecule has 0 spiro atoms. The van der Waals surface area contributed by atoms with Gasteiger partial charge < -0.3 is 0 Å². The molecule has 4 aromatic rings. The summed E-state index contributed by atoms with van der Waals surface area (Å²) in [6.45, 7) is 0.489. The lowest BCUT2D eigenvalue weighted by molar-refractivity contribution is -0.118. The van der Waals surface area contributed by atoms with Crippen molar-refractivity contribution in [2.45, 2.75) is 13.0 Å². The van der Waals surface area contributed by atoms with Crippen molar-refractivity contribution in [3.63, 3.8) is 0 Å². The van der Waals surface area contributed by atoms with Crippen LogP contribution in [0.1, 0.15) is 10.4 Å². The fourth-order valence-electron chi connectivity index (χ4n) is 2.70. The second kappa shape index (κ2) is 7.58. The Morgan fingerprint density at radius 1 is 1.04 bits per heavy atom. The van der Waals surface area contributed by atoms with Crippen LogP contribution in [0.15, 0.2) is 66.0 Å². The van der Waals surface area contributed by atoms with E-state index in [1.54, 1.807) is 16.2 Å². The summed E-state index contributed by atoms with van der Waals surface area (Å²) >= 11 is 9.36. The Bertz CT molecular complexity index is 1030. The standard InChI is InChI=1S/C20H15ClN2OS2/c21-16-9-4-10-17-19(16)22-20(26-17)23(13-14-6-2-1-3-7-14)18(24)12-15-8-5-11-25-15/h1-11H,12-13H2. The number of rotatable bonds is 5. The molecule has 3 nitrogen and oxygen atoms in total. The molecule has 0 N–H and O–H groups in total. The Hall–Kier alpha value is -2.21. The summed E-state index contributed by atoms with van der Waals surface area (Å²) in [5.41, 5.74) is 1.81. The lowest BCUT2D eigenvalue weighted by atomic mass is 10.2. The second-order valence-corrected chi connectivity index (χ2v) is 8.25. The van der Waals surface area contributed by atoms with Gasteiger partial charge in [0.05, 0.1) is 22.7 Å². The van der Waals surface area contributed by atoms with E-state index in [1.807, 2.05) is 66.0 Å². The molecule has 0 aliphatic rings. The van der Waals surface area contributed by atoms with Gasteiger partial charge in [0.2, 0.25) is 5.91 Å². The Labute approximate surface area is 164 Å². The molecule has 0 saturated heterocycles. The number of nitrogens with zero attached hydrogens (tertiary/aromatic N) is 2. The first-order valence-corrected chi connectivity index (χ1v) is 10.2. The van der Waals surface area contributed by atoms with Crippen LogP contribution < -0.4 is 4.90 Å². The van der Waals surface area contributed by atoms with Crippen LogP contribution in [0.5, 0.6) is 0 Å². The second-order valence-electron chi connectivity index (χ2n) is 5.80. The maximum Gasteiger partial charge on any atom is 0.234 e. The molecule has 0 bridgehead atoms. The maximum absolute atomic E-state index is 13.0. The van der Waals surface area contributed by atoms with E-state index in [4.69, 9.17) is 11.6 Å². The fourth-order valence-corrected chi connectivity index (χ4v) is 4.68. The first kappa shape index (κ1) is 17.2. The van der Waals surface area contributed by atoms with Crippen molar-refractivity contribution in [1.29, 1.82) is 0 Å². The summed E-state index contributed by atoms with van der Waals surface area (Å²) in [5.74, 6) is 0.0338. The van der Waals surface area contributed by atoms with Crippen LogP contribution in [0, 0.1) is 0 Å². The molecule has 2 aromatic carbocycles. The highest BCUT2D eigenvalue weighted by molar-refractivity contribution is 7.22. The van der Waals surface area contributed by atoms with Gasteiger partial charge in [0.25, 0.3) is 0 Å². The number of benzene rings is 2. The summed E-state index contributed by atoms with van der Waals surface area (Å²) in [5, 5.41) is 3.27. The molecule has 4 rings (SSSR count). The van der Waals surface area contributed by atoms with E-state index in [-0.39, 0.29) is 5.91 Å². The van der Waals surface area contributed by atoms with Gasteiger partial charge in [-0.2, -0.15) is 0 Å². The highest BCUT2D eigenvalue weighted by Gasteiger charge is 2.21. The van der Waals surface area contributed by atoms with E-state index in [0.717, 1.165) is 20.7 Å². The third kappa shape index (κ3) is 3.65. The molecule has 0 atom stereocenters. The van der Waals surface area contributed by atoms with E-state index in [1.165, 1.54) is 11.3 Å². The molecule has 2 heterocycles. The predicted molar refractivity (Wildman–Crippen MR) is 110 cm³/mol. The van der Waals surface area contributed by atoms with Crippen molar-refractivity contribution in [1.82, 2.24) is 4.98 Å². The third-order valence-corrected chi connectivity index (χ3v) is 6.20. The highest BCUT2D eigenvalue weighted by Crippen LogP contribution is 2.33. The van der Waals surface area contributed by atoms with Gasteiger partial charge >= 0.3 is 0 Å². The number of thiazole rings is 1. The molecule has 0 fully saturated rings. The predicted octanol–water partition coefficient (Wildman–Crippen LogP) is 5.79. The van der Waals surface area contributed by atoms with Crippen LogP contribution in [0.4, 0.5) is 5.13 Å². The summed E-state index contributed by atoms with van der Waals surface area (Å²) in [6, 6.07) is 19.6. The van der Waals surface area contributed by atoms with Crippen molar-refractivity contribution in [3.8, 4) is 0 Å². The maximum atomic E-state index is 13.0. The van der Waals surface area contributed by atoms with E-state index < -0.39 is 0 Å². The lowest BCUT2D eigenvalue weighted by Gasteiger charge is -2.19. The summed E-state index contributed by atoms with van der Waals surface area (Å²) in [4.78, 5) is 20.5. The Morgan fingerprint density at radius 2 is 1.88 bits per heavy atom. The number of halogens is 1. The number of para-hydroxylation sites is 1. The molecule has 26 heavy (non-hydrogen) atoms. The Morgan fingerprint density at radius 3 is 2.62 bits per heavy atom. The Balaban J connectivity index is 1.70. The van der Waals surface area contributed by atoms with Crippen molar-refractivity contribution in [2.24, 2.45) is 0 Å². The molecule has 6 heteroatoms. The quantitative estimate of drug-likeness (QED) is 0.426. The van der Waals surface area contributed by atoms with Crippen molar-refractivity contribution < 1.29 is 4.79 Å². The number of carbonyl (C=O) groups excluding carboxylic acids is 1. The van der Waals surface area contributed by atoms with E-state index in [2.05, 4.69) is 4.98 Å². The number of hydrogen-bond acceptors (Lipinski definition) is 4. The average molecular weight is 399 g/mol. The van der Waals surface area contributed by atoms with E-state index in [9.17, 15) is 4.79 Å². The number of anilines is 1. The number of carbonyl (C=O) groups is 1. The monoisotopic (exact) mass is 398 g/mol. The van der Waals surface area contributed by atoms with Crippen molar-refractivity contribution >= 4 is 55.5 Å². The van der Waals surface area contributed by atoms with Crippen LogP contribution in [0.25, 0.3) is 10.2 Å². The van der Waals surface area contributed by atoms with E-state index >= 15 is 0 Å². The smallest absolute Gasteiger partial charge is 0.234 e. The molecule has 0 aliphatic heterocycles. The van der Waals surface area contributed by atoms with Gasteiger partial charge in [0.15, 0.2) is 5.13 Å². The first-order valence-electron chi connectivity index (χ1n) is 8.12. The summed E-state index contributed by atoms with van der Waals surface area (Å²) in [6.07, 6.45) is 0.369. The molecule has 0 unspecified atom stereocenters. The van der Waals surface area contributed by atoms with Gasteiger partial charge in [-0.3, -0.25) is 9.69 Å². The van der Waals surface area contributed by atoms with Crippen molar-refractivity contribution in [2.75, 3.05) is 4.90 Å². The van der Waals surface area contributed by atoms with Crippen LogP contribution in [-0.4, -0.2) is 10.9 Å². The molecule has 130 valence electrons. The number of aromatic nitrogens is 1. The molecule has 0 radical (unpaired) electrons. The minimum Gasteiger partial charge on any atom is -0.283 e. The first-order chi connectivity index (χ1) is 12.7. The number of fused-ring (bicyclic) bond motifs is 1. The number of amides is 1. The number of hydrogen-bond donors (Lipinski definition) is 0.